The monoisotopic (exact) mass is 499 g/mol. The fourth-order valence-electron chi connectivity index (χ4n) is 4.54. The molecule has 4 rings (SSSR count). The van der Waals surface area contributed by atoms with Crippen LogP contribution in [0, 0.1) is 5.92 Å². The highest BCUT2D eigenvalue weighted by molar-refractivity contribution is 8.23. The van der Waals surface area contributed by atoms with Gasteiger partial charge >= 0.3 is 5.97 Å². The highest BCUT2D eigenvalue weighted by Crippen LogP contribution is 2.36. The van der Waals surface area contributed by atoms with Crippen LogP contribution in [-0.2, 0) is 16.1 Å². The first-order valence-electron chi connectivity index (χ1n) is 11.6. The van der Waals surface area contributed by atoms with E-state index in [1.54, 1.807) is 30.3 Å². The number of carbonyl (C=O) groups excluding carboxylic acids is 2. The Morgan fingerprint density at radius 3 is 2.71 bits per heavy atom. The molecule has 2 aliphatic heterocycles. The van der Waals surface area contributed by atoms with E-state index >= 15 is 0 Å². The molecular weight excluding hydrogens is 470 g/mol. The van der Waals surface area contributed by atoms with Crippen molar-refractivity contribution in [1.82, 2.24) is 9.47 Å². The van der Waals surface area contributed by atoms with Gasteiger partial charge in [0.05, 0.1) is 17.9 Å². The number of rotatable bonds is 7. The molecule has 3 heterocycles. The van der Waals surface area contributed by atoms with Crippen molar-refractivity contribution in [1.29, 1.82) is 0 Å². The third-order valence-electron chi connectivity index (χ3n) is 6.20. The standard InChI is InChI=1S/C25H29N3O4S2/c1-2-3-11-32-24(31)18-7-9-20(10-8-18)26-22(29)16-34-25(33)27-13-17-12-19(15-27)21-5-4-6-23(30)28(21)14-17/h4-10,17,19H,2-3,11-16H2,1H3,(H,26,29). The van der Waals surface area contributed by atoms with E-state index in [9.17, 15) is 14.4 Å². The average molecular weight is 500 g/mol. The normalized spacial score (nSPS) is 18.7. The van der Waals surface area contributed by atoms with Crippen LogP contribution in [0.25, 0.3) is 0 Å². The minimum Gasteiger partial charge on any atom is -0.462 e. The molecule has 180 valence electrons. The lowest BCUT2D eigenvalue weighted by atomic mass is 9.83. The van der Waals surface area contributed by atoms with E-state index in [4.69, 9.17) is 17.0 Å². The molecule has 0 aliphatic carbocycles. The van der Waals surface area contributed by atoms with Crippen LogP contribution in [0.3, 0.4) is 0 Å². The molecule has 0 spiro atoms. The molecule has 2 aliphatic rings. The van der Waals surface area contributed by atoms with Crippen LogP contribution in [0.15, 0.2) is 47.3 Å². The molecule has 1 saturated heterocycles. The van der Waals surface area contributed by atoms with Crippen molar-refractivity contribution in [2.75, 3.05) is 30.8 Å². The van der Waals surface area contributed by atoms with Crippen LogP contribution in [0.4, 0.5) is 5.69 Å². The zero-order valence-corrected chi connectivity index (χ0v) is 20.8. The van der Waals surface area contributed by atoms with Gasteiger partial charge in [-0.2, -0.15) is 0 Å². The van der Waals surface area contributed by atoms with E-state index in [1.807, 2.05) is 23.6 Å². The number of carbonyl (C=O) groups is 2. The summed E-state index contributed by atoms with van der Waals surface area (Å²) in [6.45, 7) is 4.74. The third-order valence-corrected chi connectivity index (χ3v) is 7.72. The smallest absolute Gasteiger partial charge is 0.338 e. The molecule has 9 heteroatoms. The summed E-state index contributed by atoms with van der Waals surface area (Å²) in [5.41, 5.74) is 2.23. The lowest BCUT2D eigenvalue weighted by Crippen LogP contribution is -2.48. The van der Waals surface area contributed by atoms with Crippen molar-refractivity contribution >= 4 is 45.9 Å². The van der Waals surface area contributed by atoms with Gasteiger partial charge in [-0.05, 0) is 49.1 Å². The Morgan fingerprint density at radius 2 is 1.94 bits per heavy atom. The van der Waals surface area contributed by atoms with Crippen molar-refractivity contribution in [2.24, 2.45) is 5.92 Å². The predicted octanol–water partition coefficient (Wildman–Crippen LogP) is 3.88. The molecule has 0 radical (unpaired) electrons. The Kier molecular flexibility index (Phi) is 8.05. The first-order valence-corrected chi connectivity index (χ1v) is 13.0. The summed E-state index contributed by atoms with van der Waals surface area (Å²) < 4.78 is 7.81. The molecule has 2 unspecified atom stereocenters. The van der Waals surface area contributed by atoms with Gasteiger partial charge in [0.2, 0.25) is 5.91 Å². The predicted molar refractivity (Wildman–Crippen MR) is 138 cm³/mol. The topological polar surface area (TPSA) is 80.6 Å². The molecule has 2 aromatic rings. The van der Waals surface area contributed by atoms with Crippen LogP contribution in [-0.4, -0.2) is 51.1 Å². The Bertz CT molecular complexity index is 1120. The minimum atomic E-state index is -0.356. The van der Waals surface area contributed by atoms with E-state index in [1.165, 1.54) is 11.8 Å². The summed E-state index contributed by atoms with van der Waals surface area (Å²) in [4.78, 5) is 38.8. The summed E-state index contributed by atoms with van der Waals surface area (Å²) in [5, 5.41) is 2.85. The van der Waals surface area contributed by atoms with Crippen molar-refractivity contribution in [3.63, 3.8) is 0 Å². The molecule has 0 saturated carbocycles. The number of fused-ring (bicyclic) bond motifs is 4. The van der Waals surface area contributed by atoms with E-state index in [-0.39, 0.29) is 29.1 Å². The Hall–Kier alpha value is -2.65. The molecule has 2 bridgehead atoms. The van der Waals surface area contributed by atoms with E-state index in [0.717, 1.165) is 44.6 Å². The fourth-order valence-corrected chi connectivity index (χ4v) is 5.53. The minimum absolute atomic E-state index is 0.0655. The number of pyridine rings is 1. The summed E-state index contributed by atoms with van der Waals surface area (Å²) in [7, 11) is 0. The van der Waals surface area contributed by atoms with Crippen LogP contribution >= 0.6 is 24.0 Å². The van der Waals surface area contributed by atoms with Crippen LogP contribution in [0.5, 0.6) is 0 Å². The van der Waals surface area contributed by atoms with Crippen LogP contribution in [0.2, 0.25) is 0 Å². The number of nitrogens with one attached hydrogen (secondary N) is 1. The molecule has 1 amide bonds. The molecular formula is C25H29N3O4S2. The number of hydrogen-bond donors (Lipinski definition) is 1. The SMILES string of the molecule is CCCCOC(=O)c1ccc(NC(=O)CSC(=S)N2CC3CC(C2)c2cccc(=O)n2C3)cc1. The highest BCUT2D eigenvalue weighted by Gasteiger charge is 2.35. The van der Waals surface area contributed by atoms with Crippen LogP contribution in [0.1, 0.15) is 48.2 Å². The summed E-state index contributed by atoms with van der Waals surface area (Å²) >= 11 is 6.99. The van der Waals surface area contributed by atoms with Gasteiger partial charge in [-0.25, -0.2) is 4.79 Å². The second kappa shape index (κ2) is 11.2. The van der Waals surface area contributed by atoms with Gasteiger partial charge in [0.15, 0.2) is 0 Å². The Morgan fingerprint density at radius 1 is 1.15 bits per heavy atom. The number of unbranched alkanes of at least 4 members (excludes halogenated alkanes) is 1. The Balaban J connectivity index is 1.26. The number of thiocarbonyl (C=S) groups is 1. The second-order valence-corrected chi connectivity index (χ2v) is 10.4. The number of esters is 1. The number of ether oxygens (including phenoxy) is 1. The van der Waals surface area contributed by atoms with Crippen molar-refractivity contribution in [3.05, 3.63) is 64.1 Å². The Labute approximate surface area is 208 Å². The van der Waals surface area contributed by atoms with Crippen molar-refractivity contribution in [3.8, 4) is 0 Å². The zero-order chi connectivity index (χ0) is 24.1. The first-order chi connectivity index (χ1) is 16.4. The molecule has 1 fully saturated rings. The maximum absolute atomic E-state index is 12.5. The summed E-state index contributed by atoms with van der Waals surface area (Å²) in [6, 6.07) is 12.2. The summed E-state index contributed by atoms with van der Waals surface area (Å²) in [6.07, 6.45) is 2.87. The maximum atomic E-state index is 12.5. The quantitative estimate of drug-likeness (QED) is 0.352. The number of anilines is 1. The van der Waals surface area contributed by atoms with Gasteiger partial charge in [-0.1, -0.05) is 43.4 Å². The van der Waals surface area contributed by atoms with Crippen LogP contribution < -0.4 is 10.9 Å². The van der Waals surface area contributed by atoms with Gasteiger partial charge in [0, 0.05) is 43.0 Å². The first kappa shape index (κ1) is 24.5. The van der Waals surface area contributed by atoms with E-state index in [2.05, 4.69) is 10.2 Å². The van der Waals surface area contributed by atoms with Gasteiger partial charge < -0.3 is 19.5 Å². The number of benzene rings is 1. The molecule has 7 nitrogen and oxygen atoms in total. The number of likely N-dealkylation sites (tertiary alicyclic amines) is 1. The molecule has 1 N–H and O–H groups in total. The van der Waals surface area contributed by atoms with Gasteiger partial charge in [-0.15, -0.1) is 0 Å². The number of amides is 1. The van der Waals surface area contributed by atoms with E-state index < -0.39 is 0 Å². The number of piperidine rings is 1. The second-order valence-electron chi connectivity index (χ2n) is 8.77. The fraction of sp³-hybridized carbons (Fsp3) is 0.440. The lowest BCUT2D eigenvalue weighted by Gasteiger charge is -2.43. The molecule has 2 atom stereocenters. The highest BCUT2D eigenvalue weighted by atomic mass is 32.2. The van der Waals surface area contributed by atoms with Gasteiger partial charge in [-0.3, -0.25) is 9.59 Å². The van der Waals surface area contributed by atoms with Gasteiger partial charge in [0.25, 0.3) is 5.56 Å². The lowest BCUT2D eigenvalue weighted by molar-refractivity contribution is -0.113. The molecule has 1 aromatic heterocycles. The van der Waals surface area contributed by atoms with Crippen molar-refractivity contribution in [2.45, 2.75) is 38.6 Å². The molecule has 1 aromatic carbocycles. The number of nitrogens with zero attached hydrogens (tertiary/aromatic N) is 2. The summed E-state index contributed by atoms with van der Waals surface area (Å²) in [5.74, 6) is 0.360. The van der Waals surface area contributed by atoms with E-state index in [0.29, 0.717) is 28.1 Å². The molecule has 34 heavy (non-hydrogen) atoms. The van der Waals surface area contributed by atoms with Gasteiger partial charge in [0.1, 0.15) is 4.32 Å². The average Bonchev–Trinajstić information content (AvgIpc) is 2.83. The number of hydrogen-bond acceptors (Lipinski definition) is 6. The van der Waals surface area contributed by atoms with Crippen molar-refractivity contribution < 1.29 is 14.3 Å². The maximum Gasteiger partial charge on any atom is 0.338 e. The number of thioether (sulfide) groups is 1. The largest absolute Gasteiger partial charge is 0.462 e. The third kappa shape index (κ3) is 5.88. The number of aromatic nitrogens is 1. The zero-order valence-electron chi connectivity index (χ0n) is 19.2.